The maximum atomic E-state index is 13.7. The number of H-pyrrole nitrogens is 1. The van der Waals surface area contributed by atoms with Crippen molar-refractivity contribution in [2.24, 2.45) is 11.3 Å². The van der Waals surface area contributed by atoms with Gasteiger partial charge in [0.15, 0.2) is 6.29 Å². The summed E-state index contributed by atoms with van der Waals surface area (Å²) in [6, 6.07) is 8.10. The molecule has 4 bridgehead atoms. The van der Waals surface area contributed by atoms with Gasteiger partial charge in [-0.15, -0.1) is 0 Å². The van der Waals surface area contributed by atoms with Gasteiger partial charge in [-0.1, -0.05) is 29.8 Å². The third-order valence-corrected chi connectivity index (χ3v) is 9.14. The third kappa shape index (κ3) is 3.47. The first kappa shape index (κ1) is 25.0. The molecular weight excluding hydrogens is 480 g/mol. The zero-order valence-corrected chi connectivity index (χ0v) is 20.9. The maximum Gasteiger partial charge on any atom is 0.316 e. The Morgan fingerprint density at radius 2 is 2.03 bits per heavy atom. The minimum absolute atomic E-state index is 0.115. The fourth-order valence-corrected chi connectivity index (χ4v) is 7.28. The average molecular weight is 515 g/mol. The first-order valence-corrected chi connectivity index (χ1v) is 12.9. The third-order valence-electron chi connectivity index (χ3n) is 9.14. The fraction of sp³-hybridized carbons (Fsp3) is 0.593. The van der Waals surface area contributed by atoms with E-state index in [1.54, 1.807) is 0 Å². The lowest BCUT2D eigenvalue weighted by Crippen LogP contribution is -2.70. The maximum absolute atomic E-state index is 13.7. The smallest absolute Gasteiger partial charge is 0.316 e. The van der Waals surface area contributed by atoms with Gasteiger partial charge in [-0.05, 0) is 31.4 Å². The topological polar surface area (TPSA) is 145 Å². The largest absolute Gasteiger partial charge is 0.468 e. The van der Waals surface area contributed by atoms with Crippen molar-refractivity contribution in [3.05, 3.63) is 47.2 Å². The first-order chi connectivity index (χ1) is 17.8. The predicted molar refractivity (Wildman–Crippen MR) is 131 cm³/mol. The number of para-hydroxylation sites is 1. The number of carbonyl (C=O) groups is 1. The Hall–Kier alpha value is -2.31. The zero-order chi connectivity index (χ0) is 26.1. The lowest BCUT2D eigenvalue weighted by Gasteiger charge is -2.62. The molecule has 10 nitrogen and oxygen atoms in total. The van der Waals surface area contributed by atoms with Gasteiger partial charge in [0, 0.05) is 35.1 Å². The number of methoxy groups -OCH3 is 1. The van der Waals surface area contributed by atoms with Gasteiger partial charge in [0.2, 0.25) is 0 Å². The van der Waals surface area contributed by atoms with Gasteiger partial charge in [0.1, 0.15) is 29.8 Å². The molecule has 200 valence electrons. The molecule has 6 heterocycles. The summed E-state index contributed by atoms with van der Waals surface area (Å²) in [4.78, 5) is 19.7. The van der Waals surface area contributed by atoms with Crippen LogP contribution in [-0.2, 0) is 25.4 Å². The van der Waals surface area contributed by atoms with Crippen molar-refractivity contribution in [2.45, 2.75) is 62.6 Å². The molecule has 5 aliphatic heterocycles. The standard InChI is InChI=1S/C27H34N2O8/c1-3-13-10-29-18-9-16(13)27(26(34)35-2,12-36-25-24(33)23(32)22(31)19(11-30)37-25)20(29)8-15-14-6-4-5-7-17(14)28-21(15)18/h3-7,16,18-20,22-25,28,30-33H,8-12H2,1-2H3/b13-3-/t16-,18-,19+,20-,22+,23-,24+,25+,27?/m0/s1. The van der Waals surface area contributed by atoms with E-state index in [-0.39, 0.29) is 24.6 Å². The minimum atomic E-state index is -1.56. The monoisotopic (exact) mass is 514 g/mol. The van der Waals surface area contributed by atoms with Crippen molar-refractivity contribution in [3.8, 4) is 0 Å². The number of fused-ring (bicyclic) bond motifs is 4. The number of benzene rings is 1. The van der Waals surface area contributed by atoms with Crippen LogP contribution in [0.15, 0.2) is 35.9 Å². The van der Waals surface area contributed by atoms with Gasteiger partial charge in [0.25, 0.3) is 0 Å². The molecule has 5 aliphatic rings. The molecule has 0 aliphatic carbocycles. The van der Waals surface area contributed by atoms with E-state index in [1.165, 1.54) is 18.4 Å². The lowest BCUT2D eigenvalue weighted by molar-refractivity contribution is -0.310. The number of piperidine rings is 3. The highest BCUT2D eigenvalue weighted by Crippen LogP contribution is 2.60. The number of hydrogen-bond donors (Lipinski definition) is 5. The van der Waals surface area contributed by atoms with E-state index in [0.29, 0.717) is 12.8 Å². The average Bonchev–Trinajstić information content (AvgIpc) is 3.30. The molecule has 4 fully saturated rings. The van der Waals surface area contributed by atoms with Gasteiger partial charge in [-0.25, -0.2) is 0 Å². The summed E-state index contributed by atoms with van der Waals surface area (Å²) < 4.78 is 17.1. The number of ether oxygens (including phenoxy) is 3. The highest BCUT2D eigenvalue weighted by atomic mass is 16.7. The summed E-state index contributed by atoms with van der Waals surface area (Å²) in [5, 5.41) is 41.7. The van der Waals surface area contributed by atoms with Crippen molar-refractivity contribution in [1.82, 2.24) is 9.88 Å². The minimum Gasteiger partial charge on any atom is -0.468 e. The lowest BCUT2D eigenvalue weighted by atomic mass is 9.55. The van der Waals surface area contributed by atoms with Crippen LogP contribution in [0.3, 0.4) is 0 Å². The van der Waals surface area contributed by atoms with Crippen LogP contribution in [0.1, 0.15) is 30.6 Å². The number of aliphatic hydroxyl groups excluding tert-OH is 4. The summed E-state index contributed by atoms with van der Waals surface area (Å²) in [6.45, 7) is 2.04. The van der Waals surface area contributed by atoms with E-state index in [0.717, 1.165) is 23.0 Å². The molecule has 1 aromatic heterocycles. The second kappa shape index (κ2) is 9.16. The van der Waals surface area contributed by atoms with Gasteiger partial charge < -0.3 is 39.6 Å². The Kier molecular flexibility index (Phi) is 6.19. The molecule has 2 unspecified atom stereocenters. The highest BCUT2D eigenvalue weighted by molar-refractivity contribution is 5.86. The van der Waals surface area contributed by atoms with Crippen LogP contribution in [0.5, 0.6) is 0 Å². The van der Waals surface area contributed by atoms with Crippen molar-refractivity contribution in [2.75, 3.05) is 26.9 Å². The predicted octanol–water partition coefficient (Wildman–Crippen LogP) is 0.391. The van der Waals surface area contributed by atoms with E-state index < -0.39 is 48.7 Å². The number of carbonyl (C=O) groups excluding carboxylic acids is 1. The molecule has 7 rings (SSSR count). The molecule has 0 amide bonds. The quantitative estimate of drug-likeness (QED) is 0.283. The molecular formula is C27H34N2O8. The Balaban J connectivity index is 1.40. The van der Waals surface area contributed by atoms with Crippen LogP contribution in [0.4, 0.5) is 0 Å². The van der Waals surface area contributed by atoms with Gasteiger partial charge >= 0.3 is 5.97 Å². The summed E-state index contributed by atoms with van der Waals surface area (Å²) in [5.74, 6) is -0.549. The number of aliphatic hydroxyl groups is 4. The molecule has 0 saturated carbocycles. The summed E-state index contributed by atoms with van der Waals surface area (Å²) >= 11 is 0. The SMILES string of the molecule is C/C=C1/CN2[C@H]3Cc4c([nH]c5ccccc45)[C@@H]2C[C@@H]1C3(CO[C@@H]1O[C@H](CO)[C@@H](O)[C@H](O)[C@H]1O)C(=O)OC. The van der Waals surface area contributed by atoms with E-state index in [2.05, 4.69) is 28.1 Å². The highest BCUT2D eigenvalue weighted by Gasteiger charge is 2.65. The van der Waals surface area contributed by atoms with Gasteiger partial charge in [-0.2, -0.15) is 0 Å². The summed E-state index contributed by atoms with van der Waals surface area (Å²) in [7, 11) is 1.38. The Morgan fingerprint density at radius 3 is 2.76 bits per heavy atom. The van der Waals surface area contributed by atoms with E-state index in [1.807, 2.05) is 19.1 Å². The number of aromatic nitrogens is 1. The molecule has 1 aromatic carbocycles. The number of nitrogens with zero attached hydrogens (tertiary/aromatic N) is 1. The van der Waals surface area contributed by atoms with Crippen LogP contribution in [0.25, 0.3) is 10.9 Å². The van der Waals surface area contributed by atoms with Crippen LogP contribution in [0, 0.1) is 11.3 Å². The normalized spacial score (nSPS) is 41.7. The van der Waals surface area contributed by atoms with Crippen LogP contribution in [-0.4, -0.2) is 99.9 Å². The van der Waals surface area contributed by atoms with E-state index in [9.17, 15) is 25.2 Å². The van der Waals surface area contributed by atoms with Crippen molar-refractivity contribution < 1.29 is 39.4 Å². The fourth-order valence-electron chi connectivity index (χ4n) is 7.28. The molecule has 37 heavy (non-hydrogen) atoms. The number of allylic oxidation sites excluding steroid dienone is 1. The van der Waals surface area contributed by atoms with Crippen LogP contribution in [0.2, 0.25) is 0 Å². The van der Waals surface area contributed by atoms with Crippen LogP contribution >= 0.6 is 0 Å². The molecule has 0 radical (unpaired) electrons. The zero-order valence-electron chi connectivity index (χ0n) is 20.9. The Bertz CT molecular complexity index is 1230. The summed E-state index contributed by atoms with van der Waals surface area (Å²) in [6.07, 6.45) is -3.64. The number of nitrogens with one attached hydrogen (secondary N) is 1. The van der Waals surface area contributed by atoms with E-state index in [4.69, 9.17) is 14.2 Å². The number of esters is 1. The van der Waals surface area contributed by atoms with Crippen molar-refractivity contribution >= 4 is 16.9 Å². The molecule has 2 aromatic rings. The molecule has 10 atom stereocenters. The Labute approximate surface area is 214 Å². The van der Waals surface area contributed by atoms with E-state index >= 15 is 0 Å². The molecule has 0 spiro atoms. The number of hydrogen-bond acceptors (Lipinski definition) is 9. The van der Waals surface area contributed by atoms with Crippen LogP contribution < -0.4 is 0 Å². The Morgan fingerprint density at radius 1 is 1.24 bits per heavy atom. The number of rotatable bonds is 5. The van der Waals surface area contributed by atoms with Gasteiger partial charge in [-0.3, -0.25) is 9.69 Å². The molecule has 10 heteroatoms. The second-order valence-corrected chi connectivity index (χ2v) is 10.7. The first-order valence-electron chi connectivity index (χ1n) is 12.9. The molecule has 4 saturated heterocycles. The van der Waals surface area contributed by atoms with Gasteiger partial charge in [0.05, 0.1) is 26.4 Å². The molecule has 5 N–H and O–H groups in total. The van der Waals surface area contributed by atoms with Crippen molar-refractivity contribution in [3.63, 3.8) is 0 Å². The summed E-state index contributed by atoms with van der Waals surface area (Å²) in [5.41, 5.74) is 3.52. The second-order valence-electron chi connectivity index (χ2n) is 10.7. The van der Waals surface area contributed by atoms with Crippen molar-refractivity contribution in [1.29, 1.82) is 0 Å². The number of aromatic amines is 1.